The molecule has 0 saturated heterocycles. The van der Waals surface area contributed by atoms with Crippen LogP contribution in [0.5, 0.6) is 5.75 Å². The molecule has 0 saturated carbocycles. The van der Waals surface area contributed by atoms with Gasteiger partial charge in [0.2, 0.25) is 0 Å². The number of nitrogens with zero attached hydrogens (tertiary/aromatic N) is 2. The standard InChI is InChI=1S/C21H16N4O3/c1-28-19-12-5-4-9-16(19)25-21(27)18-11-6-10-17(23-18)20(26)24-15-8-3-2-7-14(15)13-22/h2-12H,1H3,(H,24,26)(H,25,27). The van der Waals surface area contributed by atoms with E-state index in [1.165, 1.54) is 19.2 Å². The third-order valence-electron chi connectivity index (χ3n) is 3.87. The Kier molecular flexibility index (Phi) is 5.63. The number of rotatable bonds is 5. The Hall–Kier alpha value is -4.18. The fourth-order valence-electron chi connectivity index (χ4n) is 2.50. The molecule has 2 amide bonds. The topological polar surface area (TPSA) is 104 Å². The predicted molar refractivity (Wildman–Crippen MR) is 104 cm³/mol. The van der Waals surface area contributed by atoms with E-state index in [0.717, 1.165) is 0 Å². The number of benzene rings is 2. The third-order valence-corrected chi connectivity index (χ3v) is 3.87. The van der Waals surface area contributed by atoms with Gasteiger partial charge in [-0.15, -0.1) is 0 Å². The summed E-state index contributed by atoms with van der Waals surface area (Å²) in [5.41, 5.74) is 1.34. The van der Waals surface area contributed by atoms with E-state index in [4.69, 9.17) is 10.00 Å². The Morgan fingerprint density at radius 3 is 2.07 bits per heavy atom. The lowest BCUT2D eigenvalue weighted by Crippen LogP contribution is -2.19. The molecule has 1 heterocycles. The fraction of sp³-hybridized carbons (Fsp3) is 0.0476. The summed E-state index contributed by atoms with van der Waals surface area (Å²) >= 11 is 0. The van der Waals surface area contributed by atoms with Crippen molar-refractivity contribution in [2.24, 2.45) is 0 Å². The highest BCUT2D eigenvalue weighted by atomic mass is 16.5. The van der Waals surface area contributed by atoms with Crippen molar-refractivity contribution in [3.8, 4) is 11.8 Å². The maximum Gasteiger partial charge on any atom is 0.274 e. The Morgan fingerprint density at radius 2 is 1.43 bits per heavy atom. The van der Waals surface area contributed by atoms with Crippen molar-refractivity contribution in [3.05, 3.63) is 83.7 Å². The van der Waals surface area contributed by atoms with Crippen LogP contribution in [0.2, 0.25) is 0 Å². The van der Waals surface area contributed by atoms with Crippen molar-refractivity contribution < 1.29 is 14.3 Å². The van der Waals surface area contributed by atoms with Crippen molar-refractivity contribution >= 4 is 23.2 Å². The van der Waals surface area contributed by atoms with Crippen LogP contribution in [0.15, 0.2) is 66.7 Å². The summed E-state index contributed by atoms with van der Waals surface area (Å²) in [7, 11) is 1.51. The van der Waals surface area contributed by atoms with Gasteiger partial charge in [0.05, 0.1) is 24.0 Å². The number of methoxy groups -OCH3 is 1. The van der Waals surface area contributed by atoms with Gasteiger partial charge in [-0.3, -0.25) is 9.59 Å². The molecule has 0 atom stereocenters. The highest BCUT2D eigenvalue weighted by Crippen LogP contribution is 2.23. The Morgan fingerprint density at radius 1 is 0.857 bits per heavy atom. The minimum Gasteiger partial charge on any atom is -0.495 e. The van der Waals surface area contributed by atoms with Gasteiger partial charge in [-0.1, -0.05) is 30.3 Å². The number of nitrogens with one attached hydrogen (secondary N) is 2. The molecule has 0 aliphatic rings. The maximum absolute atomic E-state index is 12.5. The first-order valence-electron chi connectivity index (χ1n) is 8.34. The Labute approximate surface area is 161 Å². The molecule has 0 bridgehead atoms. The maximum atomic E-state index is 12.5. The number of aromatic nitrogens is 1. The number of carbonyl (C=O) groups excluding carboxylic acids is 2. The molecule has 28 heavy (non-hydrogen) atoms. The van der Waals surface area contributed by atoms with Gasteiger partial charge in [-0.25, -0.2) is 4.98 Å². The van der Waals surface area contributed by atoms with Crippen LogP contribution in [-0.2, 0) is 0 Å². The molecule has 0 unspecified atom stereocenters. The number of para-hydroxylation sites is 3. The fourth-order valence-corrected chi connectivity index (χ4v) is 2.50. The first kappa shape index (κ1) is 18.6. The molecule has 1 aromatic heterocycles. The van der Waals surface area contributed by atoms with Gasteiger partial charge >= 0.3 is 0 Å². The van der Waals surface area contributed by atoms with E-state index in [1.54, 1.807) is 54.6 Å². The molecule has 7 heteroatoms. The van der Waals surface area contributed by atoms with Gasteiger partial charge in [-0.05, 0) is 36.4 Å². The molecule has 0 aliphatic heterocycles. The van der Waals surface area contributed by atoms with Crippen LogP contribution < -0.4 is 15.4 Å². The van der Waals surface area contributed by atoms with E-state index in [2.05, 4.69) is 15.6 Å². The van der Waals surface area contributed by atoms with E-state index in [9.17, 15) is 9.59 Å². The first-order valence-corrected chi connectivity index (χ1v) is 8.34. The Bertz CT molecular complexity index is 1070. The van der Waals surface area contributed by atoms with Gasteiger partial charge in [-0.2, -0.15) is 5.26 Å². The normalized spacial score (nSPS) is 9.86. The minimum absolute atomic E-state index is 0.0559. The summed E-state index contributed by atoms with van der Waals surface area (Å²) in [6.07, 6.45) is 0. The first-order chi connectivity index (χ1) is 13.6. The number of carbonyl (C=O) groups is 2. The molecule has 2 aromatic carbocycles. The quantitative estimate of drug-likeness (QED) is 0.714. The van der Waals surface area contributed by atoms with Gasteiger partial charge in [0, 0.05) is 0 Å². The second kappa shape index (κ2) is 8.47. The third kappa shape index (κ3) is 4.14. The lowest BCUT2D eigenvalue weighted by atomic mass is 10.2. The van der Waals surface area contributed by atoms with E-state index in [1.807, 2.05) is 6.07 Å². The lowest BCUT2D eigenvalue weighted by molar-refractivity contribution is 0.101. The van der Waals surface area contributed by atoms with Crippen LogP contribution in [0, 0.1) is 11.3 Å². The molecule has 0 fully saturated rings. The number of anilines is 2. The molecular formula is C21H16N4O3. The summed E-state index contributed by atoms with van der Waals surface area (Å²) in [6, 6.07) is 20.2. The summed E-state index contributed by atoms with van der Waals surface area (Å²) in [5, 5.41) is 14.5. The number of amides is 2. The van der Waals surface area contributed by atoms with Crippen LogP contribution >= 0.6 is 0 Å². The smallest absolute Gasteiger partial charge is 0.274 e. The number of hydrogen-bond donors (Lipinski definition) is 2. The minimum atomic E-state index is -0.519. The average molecular weight is 372 g/mol. The summed E-state index contributed by atoms with van der Waals surface area (Å²) in [4.78, 5) is 29.1. The van der Waals surface area contributed by atoms with Crippen molar-refractivity contribution in [1.82, 2.24) is 4.98 Å². The van der Waals surface area contributed by atoms with Crippen LogP contribution in [0.25, 0.3) is 0 Å². The monoisotopic (exact) mass is 372 g/mol. The molecule has 7 nitrogen and oxygen atoms in total. The zero-order chi connectivity index (χ0) is 19.9. The number of ether oxygens (including phenoxy) is 1. The van der Waals surface area contributed by atoms with E-state index < -0.39 is 11.8 Å². The van der Waals surface area contributed by atoms with Crippen molar-refractivity contribution in [2.45, 2.75) is 0 Å². The molecule has 0 spiro atoms. The van der Waals surface area contributed by atoms with Crippen LogP contribution in [0.3, 0.4) is 0 Å². The summed E-state index contributed by atoms with van der Waals surface area (Å²) < 4.78 is 5.21. The SMILES string of the molecule is COc1ccccc1NC(=O)c1cccc(C(=O)Nc2ccccc2C#N)n1. The van der Waals surface area contributed by atoms with E-state index >= 15 is 0 Å². The second-order valence-corrected chi connectivity index (χ2v) is 5.67. The molecule has 2 N–H and O–H groups in total. The molecular weight excluding hydrogens is 356 g/mol. The molecule has 3 aromatic rings. The number of hydrogen-bond acceptors (Lipinski definition) is 5. The van der Waals surface area contributed by atoms with E-state index in [0.29, 0.717) is 22.7 Å². The zero-order valence-electron chi connectivity index (χ0n) is 15.0. The van der Waals surface area contributed by atoms with E-state index in [-0.39, 0.29) is 11.4 Å². The van der Waals surface area contributed by atoms with Crippen molar-refractivity contribution in [1.29, 1.82) is 5.26 Å². The number of nitriles is 1. The molecule has 3 rings (SSSR count). The molecule has 138 valence electrons. The average Bonchev–Trinajstić information content (AvgIpc) is 2.74. The molecule has 0 radical (unpaired) electrons. The van der Waals surface area contributed by atoms with Crippen molar-refractivity contribution in [2.75, 3.05) is 17.7 Å². The highest BCUT2D eigenvalue weighted by Gasteiger charge is 2.15. The van der Waals surface area contributed by atoms with Crippen LogP contribution in [0.1, 0.15) is 26.5 Å². The van der Waals surface area contributed by atoms with Gasteiger partial charge in [0.15, 0.2) is 0 Å². The van der Waals surface area contributed by atoms with Crippen molar-refractivity contribution in [3.63, 3.8) is 0 Å². The zero-order valence-corrected chi connectivity index (χ0v) is 15.0. The summed E-state index contributed by atoms with van der Waals surface area (Å²) in [5.74, 6) is -0.482. The second-order valence-electron chi connectivity index (χ2n) is 5.67. The number of pyridine rings is 1. The highest BCUT2D eigenvalue weighted by molar-refractivity contribution is 6.06. The molecule has 0 aliphatic carbocycles. The predicted octanol–water partition coefficient (Wildman–Crippen LogP) is 3.47. The Balaban J connectivity index is 1.79. The van der Waals surface area contributed by atoms with Gasteiger partial charge in [0.25, 0.3) is 11.8 Å². The van der Waals surface area contributed by atoms with Crippen LogP contribution in [0.4, 0.5) is 11.4 Å². The van der Waals surface area contributed by atoms with Gasteiger partial charge in [0.1, 0.15) is 23.2 Å². The summed E-state index contributed by atoms with van der Waals surface area (Å²) in [6.45, 7) is 0. The van der Waals surface area contributed by atoms with Gasteiger partial charge < -0.3 is 15.4 Å². The lowest BCUT2D eigenvalue weighted by Gasteiger charge is -2.10. The largest absolute Gasteiger partial charge is 0.495 e. The van der Waals surface area contributed by atoms with Crippen LogP contribution in [-0.4, -0.2) is 23.9 Å².